The van der Waals surface area contributed by atoms with Crippen molar-refractivity contribution in [3.05, 3.63) is 58.0 Å². The number of halogens is 1. The summed E-state index contributed by atoms with van der Waals surface area (Å²) in [4.78, 5) is 0.208. The van der Waals surface area contributed by atoms with E-state index in [9.17, 15) is 0 Å². The second kappa shape index (κ2) is 6.62. The number of rotatable bonds is 5. The quantitative estimate of drug-likeness (QED) is 0.608. The van der Waals surface area contributed by atoms with Gasteiger partial charge in [-0.2, -0.15) is 0 Å². The van der Waals surface area contributed by atoms with Crippen molar-refractivity contribution < 1.29 is 4.42 Å². The molecule has 0 saturated carbocycles. The fraction of sp³-hybridized carbons (Fsp3) is 0.444. The molecule has 2 heteroatoms. The van der Waals surface area contributed by atoms with E-state index in [0.717, 1.165) is 11.5 Å². The second-order valence-corrected chi connectivity index (χ2v) is 6.38. The van der Waals surface area contributed by atoms with Crippen LogP contribution in [0.4, 0.5) is 0 Å². The summed E-state index contributed by atoms with van der Waals surface area (Å²) in [6, 6.07) is 8.95. The zero-order chi connectivity index (χ0) is 14.7. The van der Waals surface area contributed by atoms with Crippen LogP contribution < -0.4 is 0 Å². The maximum Gasteiger partial charge on any atom is 0.106 e. The van der Waals surface area contributed by atoms with Gasteiger partial charge in [0.15, 0.2) is 0 Å². The van der Waals surface area contributed by atoms with Crippen LogP contribution in [0.2, 0.25) is 0 Å². The number of furan rings is 1. The molecule has 0 spiro atoms. The van der Waals surface area contributed by atoms with Crippen molar-refractivity contribution >= 4 is 15.9 Å². The van der Waals surface area contributed by atoms with Gasteiger partial charge in [0.2, 0.25) is 0 Å². The van der Waals surface area contributed by atoms with Crippen molar-refractivity contribution in [3.8, 4) is 0 Å². The Morgan fingerprint density at radius 1 is 1.05 bits per heavy atom. The zero-order valence-electron chi connectivity index (χ0n) is 12.8. The zero-order valence-corrected chi connectivity index (χ0v) is 14.4. The van der Waals surface area contributed by atoms with Crippen molar-refractivity contribution in [3.63, 3.8) is 0 Å². The summed E-state index contributed by atoms with van der Waals surface area (Å²) in [5.74, 6) is 2.03. The summed E-state index contributed by atoms with van der Waals surface area (Å²) in [7, 11) is 0. The summed E-state index contributed by atoms with van der Waals surface area (Å²) >= 11 is 3.83. The Hall–Kier alpha value is -1.02. The standard InChI is InChI=1S/C18H23BrO/c1-5-6-7-15-8-10-16(11-9-15)18(19)17-12(2)13(3)20-14(17)4/h8-11,18H,5-7H2,1-4H3. The lowest BCUT2D eigenvalue weighted by atomic mass is 9.99. The highest BCUT2D eigenvalue weighted by molar-refractivity contribution is 9.09. The van der Waals surface area contributed by atoms with Gasteiger partial charge in [-0.05, 0) is 50.3 Å². The van der Waals surface area contributed by atoms with E-state index in [4.69, 9.17) is 4.42 Å². The van der Waals surface area contributed by atoms with Gasteiger partial charge in [-0.15, -0.1) is 0 Å². The molecule has 20 heavy (non-hydrogen) atoms. The van der Waals surface area contributed by atoms with Crippen LogP contribution in [0.15, 0.2) is 28.7 Å². The lowest BCUT2D eigenvalue weighted by molar-refractivity contribution is 0.500. The predicted molar refractivity (Wildman–Crippen MR) is 88.7 cm³/mol. The Morgan fingerprint density at radius 3 is 2.20 bits per heavy atom. The van der Waals surface area contributed by atoms with Gasteiger partial charge in [-0.1, -0.05) is 53.5 Å². The maximum absolute atomic E-state index is 5.73. The number of unbranched alkanes of at least 4 members (excludes halogenated alkanes) is 1. The van der Waals surface area contributed by atoms with Gasteiger partial charge < -0.3 is 4.42 Å². The third-order valence-electron chi connectivity index (χ3n) is 3.96. The van der Waals surface area contributed by atoms with E-state index in [1.165, 1.54) is 41.5 Å². The number of benzene rings is 1. The van der Waals surface area contributed by atoms with Crippen LogP contribution in [0.5, 0.6) is 0 Å². The van der Waals surface area contributed by atoms with Crippen LogP contribution in [0, 0.1) is 20.8 Å². The van der Waals surface area contributed by atoms with Crippen LogP contribution >= 0.6 is 15.9 Å². The molecule has 2 rings (SSSR count). The SMILES string of the molecule is CCCCc1ccc(C(Br)c2c(C)oc(C)c2C)cc1. The van der Waals surface area contributed by atoms with Crippen molar-refractivity contribution in [2.24, 2.45) is 0 Å². The minimum atomic E-state index is 0.208. The van der Waals surface area contributed by atoms with Gasteiger partial charge in [-0.25, -0.2) is 0 Å². The molecule has 108 valence electrons. The molecule has 0 fully saturated rings. The van der Waals surface area contributed by atoms with Gasteiger partial charge in [0, 0.05) is 5.56 Å². The fourth-order valence-electron chi connectivity index (χ4n) is 2.58. The molecule has 0 aliphatic rings. The number of alkyl halides is 1. The minimum absolute atomic E-state index is 0.208. The van der Waals surface area contributed by atoms with E-state index in [1.54, 1.807) is 0 Å². The molecule has 0 aliphatic heterocycles. The van der Waals surface area contributed by atoms with Crippen LogP contribution in [0.25, 0.3) is 0 Å². The van der Waals surface area contributed by atoms with Gasteiger partial charge in [-0.3, -0.25) is 0 Å². The number of hydrogen-bond acceptors (Lipinski definition) is 1. The van der Waals surface area contributed by atoms with E-state index in [2.05, 4.69) is 54.0 Å². The average molecular weight is 335 g/mol. The molecule has 1 aromatic carbocycles. The molecule has 1 nitrogen and oxygen atoms in total. The van der Waals surface area contributed by atoms with E-state index in [0.29, 0.717) is 0 Å². The second-order valence-electron chi connectivity index (χ2n) is 5.46. The first-order chi connectivity index (χ1) is 9.54. The largest absolute Gasteiger partial charge is 0.466 e. The van der Waals surface area contributed by atoms with Crippen LogP contribution in [-0.2, 0) is 6.42 Å². The molecule has 0 aliphatic carbocycles. The minimum Gasteiger partial charge on any atom is -0.466 e. The third kappa shape index (κ3) is 3.17. The van der Waals surface area contributed by atoms with E-state index < -0.39 is 0 Å². The first-order valence-electron chi connectivity index (χ1n) is 7.34. The topological polar surface area (TPSA) is 13.1 Å². The van der Waals surface area contributed by atoms with Gasteiger partial charge in [0.05, 0.1) is 4.83 Å². The summed E-state index contributed by atoms with van der Waals surface area (Å²) in [6.07, 6.45) is 3.68. The molecule has 1 heterocycles. The highest BCUT2D eigenvalue weighted by Crippen LogP contribution is 2.37. The van der Waals surface area contributed by atoms with Crippen LogP contribution in [-0.4, -0.2) is 0 Å². The average Bonchev–Trinajstić information content (AvgIpc) is 2.70. The summed E-state index contributed by atoms with van der Waals surface area (Å²) in [5.41, 5.74) is 5.23. The Labute approximate surface area is 130 Å². The lowest BCUT2D eigenvalue weighted by Gasteiger charge is -2.12. The summed E-state index contributed by atoms with van der Waals surface area (Å²) in [5, 5.41) is 0. The van der Waals surface area contributed by atoms with Crippen molar-refractivity contribution in [1.29, 1.82) is 0 Å². The molecule has 0 bridgehead atoms. The molecular weight excluding hydrogens is 312 g/mol. The van der Waals surface area contributed by atoms with Crippen molar-refractivity contribution in [2.45, 2.75) is 51.8 Å². The maximum atomic E-state index is 5.73. The molecular formula is C18H23BrO. The molecule has 0 saturated heterocycles. The summed E-state index contributed by atoms with van der Waals surface area (Å²) < 4.78 is 5.73. The molecule has 1 unspecified atom stereocenters. The fourth-order valence-corrected chi connectivity index (χ4v) is 3.56. The highest BCUT2D eigenvalue weighted by atomic mass is 79.9. The van der Waals surface area contributed by atoms with Gasteiger partial charge in [0.1, 0.15) is 11.5 Å². The molecule has 0 N–H and O–H groups in total. The summed E-state index contributed by atoms with van der Waals surface area (Å²) in [6.45, 7) is 8.43. The molecule has 2 aromatic rings. The van der Waals surface area contributed by atoms with Crippen molar-refractivity contribution in [1.82, 2.24) is 0 Å². The first kappa shape index (κ1) is 15.4. The Balaban J connectivity index is 2.22. The smallest absolute Gasteiger partial charge is 0.106 e. The van der Waals surface area contributed by atoms with E-state index in [-0.39, 0.29) is 4.83 Å². The molecule has 1 aromatic heterocycles. The third-order valence-corrected chi connectivity index (χ3v) is 4.95. The van der Waals surface area contributed by atoms with E-state index >= 15 is 0 Å². The number of aryl methyl sites for hydroxylation is 3. The van der Waals surface area contributed by atoms with Crippen LogP contribution in [0.3, 0.4) is 0 Å². The Kier molecular flexibility index (Phi) is 5.09. The highest BCUT2D eigenvalue weighted by Gasteiger charge is 2.20. The monoisotopic (exact) mass is 334 g/mol. The van der Waals surface area contributed by atoms with Gasteiger partial charge in [0.25, 0.3) is 0 Å². The lowest BCUT2D eigenvalue weighted by Crippen LogP contribution is -1.96. The first-order valence-corrected chi connectivity index (χ1v) is 8.25. The van der Waals surface area contributed by atoms with Gasteiger partial charge >= 0.3 is 0 Å². The Morgan fingerprint density at radius 2 is 1.70 bits per heavy atom. The molecule has 0 radical (unpaired) electrons. The van der Waals surface area contributed by atoms with Crippen molar-refractivity contribution in [2.75, 3.05) is 0 Å². The predicted octanol–water partition coefficient (Wildman–Crippen LogP) is 6.03. The molecule has 0 amide bonds. The van der Waals surface area contributed by atoms with Crippen LogP contribution in [0.1, 0.15) is 58.4 Å². The molecule has 1 atom stereocenters. The number of hydrogen-bond donors (Lipinski definition) is 0. The normalized spacial score (nSPS) is 12.7. The Bertz CT molecular complexity index is 566. The van der Waals surface area contributed by atoms with E-state index in [1.807, 2.05) is 13.8 Å².